The maximum atomic E-state index is 14.4. The van der Waals surface area contributed by atoms with Gasteiger partial charge in [-0.15, -0.1) is 0 Å². The van der Waals surface area contributed by atoms with Gasteiger partial charge in [-0.3, -0.25) is 0 Å². The minimum atomic E-state index is -0.440. The number of aromatic nitrogens is 3. The van der Waals surface area contributed by atoms with Crippen LogP contribution in [0.5, 0.6) is 0 Å². The summed E-state index contributed by atoms with van der Waals surface area (Å²) in [5.41, 5.74) is 1.66. The molecule has 2 saturated heterocycles. The molecule has 5 rings (SSSR count). The molecule has 2 aliphatic heterocycles. The van der Waals surface area contributed by atoms with Gasteiger partial charge in [-0.25, -0.2) is 18.3 Å². The van der Waals surface area contributed by atoms with Crippen LogP contribution in [0.4, 0.5) is 20.3 Å². The Labute approximate surface area is 189 Å². The number of rotatable bonds is 4. The van der Waals surface area contributed by atoms with Gasteiger partial charge in [-0.1, -0.05) is 0 Å². The fraction of sp³-hybridized carbons (Fsp3) is 0.409. The summed E-state index contributed by atoms with van der Waals surface area (Å²) in [5.74, 6) is -0.152. The highest BCUT2D eigenvalue weighted by Crippen LogP contribution is 2.37. The van der Waals surface area contributed by atoms with E-state index in [4.69, 9.17) is 21.9 Å². The van der Waals surface area contributed by atoms with Crippen LogP contribution in [0.1, 0.15) is 37.3 Å². The Balaban J connectivity index is 1.38. The molecule has 168 valence electrons. The molecule has 32 heavy (non-hydrogen) atoms. The SMILES string of the molecule is Fc1ccc(F)c([C@H]2CCCN2c2ccn3ncc(NC(=S)NC4CCOCC4)c3n2)c1. The van der Waals surface area contributed by atoms with Gasteiger partial charge in [0.1, 0.15) is 23.1 Å². The molecule has 1 aromatic carbocycles. The van der Waals surface area contributed by atoms with Gasteiger partial charge in [0.05, 0.1) is 12.2 Å². The number of nitrogens with zero attached hydrogens (tertiary/aromatic N) is 4. The molecule has 0 spiro atoms. The van der Waals surface area contributed by atoms with Gasteiger partial charge < -0.3 is 20.3 Å². The van der Waals surface area contributed by atoms with Crippen LogP contribution < -0.4 is 15.5 Å². The second-order valence-electron chi connectivity index (χ2n) is 8.11. The molecular formula is C22H24F2N6OS. The zero-order valence-corrected chi connectivity index (χ0v) is 18.2. The number of halogens is 2. The molecule has 0 amide bonds. The molecular weight excluding hydrogens is 434 g/mol. The summed E-state index contributed by atoms with van der Waals surface area (Å²) in [6.45, 7) is 2.17. The van der Waals surface area contributed by atoms with Gasteiger partial charge in [0.2, 0.25) is 0 Å². The first-order valence-electron chi connectivity index (χ1n) is 10.8. The second-order valence-corrected chi connectivity index (χ2v) is 8.52. The van der Waals surface area contributed by atoms with E-state index in [-0.39, 0.29) is 12.1 Å². The molecule has 0 saturated carbocycles. The molecule has 7 nitrogen and oxygen atoms in total. The number of hydrogen-bond donors (Lipinski definition) is 2. The molecule has 4 heterocycles. The Kier molecular flexibility index (Phi) is 5.88. The third kappa shape index (κ3) is 4.24. The van der Waals surface area contributed by atoms with Crippen molar-refractivity contribution in [3.8, 4) is 0 Å². The smallest absolute Gasteiger partial charge is 0.180 e. The fourth-order valence-electron chi connectivity index (χ4n) is 4.43. The van der Waals surface area contributed by atoms with Crippen LogP contribution in [0.25, 0.3) is 5.65 Å². The van der Waals surface area contributed by atoms with E-state index in [1.165, 1.54) is 12.1 Å². The van der Waals surface area contributed by atoms with E-state index < -0.39 is 11.6 Å². The summed E-state index contributed by atoms with van der Waals surface area (Å²) in [5, 5.41) is 11.4. The van der Waals surface area contributed by atoms with E-state index in [0.29, 0.717) is 34.4 Å². The van der Waals surface area contributed by atoms with Gasteiger partial charge in [-0.05, 0) is 62.2 Å². The van der Waals surface area contributed by atoms with Crippen LogP contribution in [0.15, 0.2) is 36.7 Å². The average Bonchev–Trinajstić information content (AvgIpc) is 3.43. The van der Waals surface area contributed by atoms with Gasteiger partial charge in [0.15, 0.2) is 10.8 Å². The highest BCUT2D eigenvalue weighted by Gasteiger charge is 2.30. The molecule has 2 aliphatic rings. The highest BCUT2D eigenvalue weighted by atomic mass is 32.1. The number of anilines is 2. The maximum absolute atomic E-state index is 14.4. The van der Waals surface area contributed by atoms with E-state index in [1.807, 2.05) is 17.2 Å². The standard InChI is InChI=1S/C22H24F2N6OS/c23-14-3-4-17(24)16(12-14)19-2-1-8-29(19)20-5-9-30-21(28-20)18(13-25-30)27-22(32)26-15-6-10-31-11-7-15/h3-5,9,12-13,15,19H,1-2,6-8,10-11H2,(H2,26,27,32)/t19-/m1/s1. The highest BCUT2D eigenvalue weighted by molar-refractivity contribution is 7.80. The molecule has 2 N–H and O–H groups in total. The van der Waals surface area contributed by atoms with Crippen molar-refractivity contribution >= 4 is 34.5 Å². The Hall–Kier alpha value is -2.85. The first-order chi connectivity index (χ1) is 15.6. The van der Waals surface area contributed by atoms with E-state index in [1.54, 1.807) is 10.7 Å². The van der Waals surface area contributed by atoms with Gasteiger partial charge >= 0.3 is 0 Å². The number of fused-ring (bicyclic) bond motifs is 1. The average molecular weight is 459 g/mol. The monoisotopic (exact) mass is 458 g/mol. The van der Waals surface area contributed by atoms with Crippen molar-refractivity contribution in [2.45, 2.75) is 37.8 Å². The first-order valence-corrected chi connectivity index (χ1v) is 11.2. The van der Waals surface area contributed by atoms with Crippen molar-refractivity contribution in [3.05, 3.63) is 53.9 Å². The van der Waals surface area contributed by atoms with Crippen molar-refractivity contribution in [2.75, 3.05) is 30.0 Å². The molecule has 0 bridgehead atoms. The van der Waals surface area contributed by atoms with Crippen LogP contribution in [-0.2, 0) is 4.74 Å². The predicted molar refractivity (Wildman–Crippen MR) is 122 cm³/mol. The lowest BCUT2D eigenvalue weighted by Gasteiger charge is -2.26. The number of ether oxygens (including phenoxy) is 1. The van der Waals surface area contributed by atoms with E-state index in [0.717, 1.165) is 45.0 Å². The first kappa shape index (κ1) is 21.0. The van der Waals surface area contributed by atoms with Crippen LogP contribution >= 0.6 is 12.2 Å². The van der Waals surface area contributed by atoms with Gasteiger partial charge in [-0.2, -0.15) is 5.10 Å². The third-order valence-electron chi connectivity index (χ3n) is 6.02. The van der Waals surface area contributed by atoms with Crippen molar-refractivity contribution in [1.29, 1.82) is 0 Å². The fourth-order valence-corrected chi connectivity index (χ4v) is 4.70. The summed E-state index contributed by atoms with van der Waals surface area (Å²) >= 11 is 5.48. The quantitative estimate of drug-likeness (QED) is 0.577. The minimum Gasteiger partial charge on any atom is -0.381 e. The Bertz CT molecular complexity index is 1130. The van der Waals surface area contributed by atoms with Crippen molar-refractivity contribution < 1.29 is 13.5 Å². The van der Waals surface area contributed by atoms with E-state index in [2.05, 4.69) is 15.7 Å². The Morgan fingerprint density at radius 3 is 2.84 bits per heavy atom. The normalized spacial score (nSPS) is 19.4. The van der Waals surface area contributed by atoms with Crippen LogP contribution in [0.2, 0.25) is 0 Å². The zero-order chi connectivity index (χ0) is 22.1. The molecule has 10 heteroatoms. The molecule has 0 unspecified atom stereocenters. The lowest BCUT2D eigenvalue weighted by molar-refractivity contribution is 0.0826. The number of thiocarbonyl (C=S) groups is 1. The number of nitrogens with one attached hydrogen (secondary N) is 2. The summed E-state index contributed by atoms with van der Waals surface area (Å²) in [7, 11) is 0. The third-order valence-corrected chi connectivity index (χ3v) is 6.24. The molecule has 2 aromatic heterocycles. The lowest BCUT2D eigenvalue weighted by Crippen LogP contribution is -2.41. The molecule has 0 aliphatic carbocycles. The molecule has 1 atom stereocenters. The topological polar surface area (TPSA) is 66.7 Å². The van der Waals surface area contributed by atoms with Crippen molar-refractivity contribution in [1.82, 2.24) is 19.9 Å². The maximum Gasteiger partial charge on any atom is 0.180 e. The largest absolute Gasteiger partial charge is 0.381 e. The van der Waals surface area contributed by atoms with Crippen LogP contribution in [0, 0.1) is 11.6 Å². The summed E-state index contributed by atoms with van der Waals surface area (Å²) < 4.78 is 35.3. The summed E-state index contributed by atoms with van der Waals surface area (Å²) in [6, 6.07) is 5.46. The molecule has 3 aromatic rings. The zero-order valence-electron chi connectivity index (χ0n) is 17.4. The van der Waals surface area contributed by atoms with Gasteiger partial charge in [0, 0.05) is 37.6 Å². The predicted octanol–water partition coefficient (Wildman–Crippen LogP) is 3.81. The minimum absolute atomic E-state index is 0.267. The second kappa shape index (κ2) is 8.95. The summed E-state index contributed by atoms with van der Waals surface area (Å²) in [4.78, 5) is 6.81. The van der Waals surface area contributed by atoms with Gasteiger partial charge in [0.25, 0.3) is 0 Å². The van der Waals surface area contributed by atoms with Crippen LogP contribution in [-0.4, -0.2) is 45.5 Å². The Morgan fingerprint density at radius 2 is 2.00 bits per heavy atom. The van der Waals surface area contributed by atoms with Crippen molar-refractivity contribution in [2.24, 2.45) is 0 Å². The molecule has 0 radical (unpaired) electrons. The number of hydrogen-bond acceptors (Lipinski definition) is 5. The van der Waals surface area contributed by atoms with Crippen molar-refractivity contribution in [3.63, 3.8) is 0 Å². The van der Waals surface area contributed by atoms with E-state index in [9.17, 15) is 8.78 Å². The number of benzene rings is 1. The van der Waals surface area contributed by atoms with Crippen LogP contribution in [0.3, 0.4) is 0 Å². The van der Waals surface area contributed by atoms with E-state index >= 15 is 0 Å². The summed E-state index contributed by atoms with van der Waals surface area (Å²) in [6.07, 6.45) is 6.92. The molecule has 2 fully saturated rings. The Morgan fingerprint density at radius 1 is 1.16 bits per heavy atom. The lowest BCUT2D eigenvalue weighted by atomic mass is 10.0.